The normalized spacial score (nSPS) is 23.8. The molecule has 1 fully saturated rings. The number of halogens is 1. The van der Waals surface area contributed by atoms with Crippen LogP contribution in [-0.4, -0.2) is 12.1 Å². The lowest BCUT2D eigenvalue weighted by Crippen LogP contribution is -2.37. The molecule has 2 rings (SSSR count). The fraction of sp³-hybridized carbons (Fsp3) is 0.600. The maximum absolute atomic E-state index is 6.17. The Kier molecular flexibility index (Phi) is 3.51. The van der Waals surface area contributed by atoms with Crippen LogP contribution in [0.15, 0.2) is 18.2 Å². The molecule has 0 aliphatic heterocycles. The van der Waals surface area contributed by atoms with Gasteiger partial charge < -0.3 is 5.32 Å². The summed E-state index contributed by atoms with van der Waals surface area (Å²) < 4.78 is 0. The molecule has 1 aromatic carbocycles. The van der Waals surface area contributed by atoms with Gasteiger partial charge in [-0.2, -0.15) is 0 Å². The predicted octanol–water partition coefficient (Wildman–Crippen LogP) is 4.14. The van der Waals surface area contributed by atoms with Crippen molar-refractivity contribution in [3.63, 3.8) is 0 Å². The Morgan fingerprint density at radius 3 is 2.65 bits per heavy atom. The van der Waals surface area contributed by atoms with E-state index in [2.05, 4.69) is 51.2 Å². The van der Waals surface area contributed by atoms with Gasteiger partial charge in [0, 0.05) is 10.6 Å². The van der Waals surface area contributed by atoms with E-state index in [9.17, 15) is 0 Å². The van der Waals surface area contributed by atoms with Gasteiger partial charge in [0.1, 0.15) is 0 Å². The second-order valence-corrected chi connectivity index (χ2v) is 6.65. The standard InChI is InChI=1S/C15H22ClN/c1-10-5-6-11(8-14(10)16)13-7-12(13)9-17-15(2,3)4/h5-6,8,12-13,17H,7,9H2,1-4H3. The summed E-state index contributed by atoms with van der Waals surface area (Å²) in [7, 11) is 0. The summed E-state index contributed by atoms with van der Waals surface area (Å²) in [6.45, 7) is 9.81. The minimum Gasteiger partial charge on any atom is -0.312 e. The molecule has 2 unspecified atom stereocenters. The van der Waals surface area contributed by atoms with E-state index >= 15 is 0 Å². The quantitative estimate of drug-likeness (QED) is 0.852. The van der Waals surface area contributed by atoms with Crippen LogP contribution in [-0.2, 0) is 0 Å². The van der Waals surface area contributed by atoms with Crippen molar-refractivity contribution in [2.45, 2.75) is 45.6 Å². The number of rotatable bonds is 3. The number of nitrogens with one attached hydrogen (secondary N) is 1. The highest BCUT2D eigenvalue weighted by atomic mass is 35.5. The third-order valence-corrected chi connectivity index (χ3v) is 3.85. The van der Waals surface area contributed by atoms with E-state index < -0.39 is 0 Å². The molecule has 2 heteroatoms. The highest BCUT2D eigenvalue weighted by Gasteiger charge is 2.38. The van der Waals surface area contributed by atoms with Gasteiger partial charge in [0.05, 0.1) is 0 Å². The minimum atomic E-state index is 0.220. The molecule has 0 bridgehead atoms. The molecule has 0 aromatic heterocycles. The second kappa shape index (κ2) is 4.62. The summed E-state index contributed by atoms with van der Waals surface area (Å²) in [5.74, 6) is 1.50. The zero-order valence-corrected chi connectivity index (χ0v) is 11.9. The number of hydrogen-bond acceptors (Lipinski definition) is 1. The van der Waals surface area contributed by atoms with Gasteiger partial charge >= 0.3 is 0 Å². The van der Waals surface area contributed by atoms with E-state index in [0.717, 1.165) is 17.5 Å². The van der Waals surface area contributed by atoms with E-state index in [-0.39, 0.29) is 5.54 Å². The largest absolute Gasteiger partial charge is 0.312 e. The Labute approximate surface area is 110 Å². The van der Waals surface area contributed by atoms with E-state index in [1.165, 1.54) is 17.5 Å². The van der Waals surface area contributed by atoms with E-state index in [1.807, 2.05) is 0 Å². The van der Waals surface area contributed by atoms with Gasteiger partial charge in [0.15, 0.2) is 0 Å². The molecule has 1 aromatic rings. The average molecular weight is 252 g/mol. The van der Waals surface area contributed by atoms with Crippen molar-refractivity contribution in [2.75, 3.05) is 6.54 Å². The summed E-state index contributed by atoms with van der Waals surface area (Å²) in [5, 5.41) is 4.48. The molecule has 1 aliphatic rings. The monoisotopic (exact) mass is 251 g/mol. The Morgan fingerprint density at radius 1 is 1.35 bits per heavy atom. The van der Waals surface area contributed by atoms with Gasteiger partial charge in [-0.05, 0) is 69.7 Å². The second-order valence-electron chi connectivity index (χ2n) is 6.24. The van der Waals surface area contributed by atoms with Crippen LogP contribution in [0.1, 0.15) is 44.2 Å². The summed E-state index contributed by atoms with van der Waals surface area (Å²) in [6.07, 6.45) is 1.29. The summed E-state index contributed by atoms with van der Waals surface area (Å²) in [6, 6.07) is 6.49. The first-order valence-corrected chi connectivity index (χ1v) is 6.76. The lowest BCUT2D eigenvalue weighted by molar-refractivity contribution is 0.414. The fourth-order valence-corrected chi connectivity index (χ4v) is 2.35. The van der Waals surface area contributed by atoms with Crippen LogP contribution >= 0.6 is 11.6 Å². The van der Waals surface area contributed by atoms with Crippen molar-refractivity contribution < 1.29 is 0 Å². The predicted molar refractivity (Wildman–Crippen MR) is 74.8 cm³/mol. The molecule has 1 N–H and O–H groups in total. The molecule has 1 saturated carbocycles. The smallest absolute Gasteiger partial charge is 0.0438 e. The minimum absolute atomic E-state index is 0.220. The van der Waals surface area contributed by atoms with Crippen LogP contribution in [0.3, 0.4) is 0 Å². The molecular weight excluding hydrogens is 230 g/mol. The summed E-state index contributed by atoms with van der Waals surface area (Å²) >= 11 is 6.17. The molecule has 0 heterocycles. The molecular formula is C15H22ClN. The molecule has 2 atom stereocenters. The van der Waals surface area contributed by atoms with Gasteiger partial charge in [-0.15, -0.1) is 0 Å². The number of aryl methyl sites for hydroxylation is 1. The summed E-state index contributed by atoms with van der Waals surface area (Å²) in [5.41, 5.74) is 2.79. The SMILES string of the molecule is Cc1ccc(C2CC2CNC(C)(C)C)cc1Cl. The molecule has 1 aliphatic carbocycles. The van der Waals surface area contributed by atoms with Crippen LogP contribution < -0.4 is 5.32 Å². The van der Waals surface area contributed by atoms with Gasteiger partial charge in [0.2, 0.25) is 0 Å². The van der Waals surface area contributed by atoms with Crippen LogP contribution in [0.25, 0.3) is 0 Å². The van der Waals surface area contributed by atoms with Gasteiger partial charge in [0.25, 0.3) is 0 Å². The first-order chi connectivity index (χ1) is 7.87. The zero-order valence-electron chi connectivity index (χ0n) is 11.2. The van der Waals surface area contributed by atoms with Crippen molar-refractivity contribution in [2.24, 2.45) is 5.92 Å². The van der Waals surface area contributed by atoms with Crippen molar-refractivity contribution in [3.05, 3.63) is 34.3 Å². The summed E-state index contributed by atoms with van der Waals surface area (Å²) in [4.78, 5) is 0. The Hall–Kier alpha value is -0.530. The first-order valence-electron chi connectivity index (χ1n) is 6.38. The molecule has 0 amide bonds. The lowest BCUT2D eigenvalue weighted by Gasteiger charge is -2.20. The van der Waals surface area contributed by atoms with E-state index in [0.29, 0.717) is 5.92 Å². The van der Waals surface area contributed by atoms with Gasteiger partial charge in [-0.1, -0.05) is 23.7 Å². The van der Waals surface area contributed by atoms with Crippen molar-refractivity contribution >= 4 is 11.6 Å². The van der Waals surface area contributed by atoms with Crippen LogP contribution in [0.2, 0.25) is 5.02 Å². The molecule has 1 nitrogen and oxygen atoms in total. The van der Waals surface area contributed by atoms with Crippen LogP contribution in [0.5, 0.6) is 0 Å². The molecule has 0 saturated heterocycles. The Morgan fingerprint density at radius 2 is 2.06 bits per heavy atom. The molecule has 94 valence electrons. The van der Waals surface area contributed by atoms with E-state index in [1.54, 1.807) is 0 Å². The first kappa shape index (κ1) is 12.9. The Balaban J connectivity index is 1.92. The van der Waals surface area contributed by atoms with Crippen LogP contribution in [0, 0.1) is 12.8 Å². The Bertz CT molecular complexity index is 406. The van der Waals surface area contributed by atoms with E-state index in [4.69, 9.17) is 11.6 Å². The maximum atomic E-state index is 6.17. The maximum Gasteiger partial charge on any atom is 0.0438 e. The highest BCUT2D eigenvalue weighted by molar-refractivity contribution is 6.31. The third kappa shape index (κ3) is 3.46. The zero-order chi connectivity index (χ0) is 12.6. The molecule has 0 spiro atoms. The number of hydrogen-bond donors (Lipinski definition) is 1. The van der Waals surface area contributed by atoms with Gasteiger partial charge in [-0.3, -0.25) is 0 Å². The van der Waals surface area contributed by atoms with Crippen LogP contribution in [0.4, 0.5) is 0 Å². The fourth-order valence-electron chi connectivity index (χ4n) is 2.16. The van der Waals surface area contributed by atoms with Crippen molar-refractivity contribution in [3.8, 4) is 0 Å². The lowest BCUT2D eigenvalue weighted by atomic mass is 10.1. The average Bonchev–Trinajstić information content (AvgIpc) is 2.97. The molecule has 0 radical (unpaired) electrons. The van der Waals surface area contributed by atoms with Crippen molar-refractivity contribution in [1.29, 1.82) is 0 Å². The topological polar surface area (TPSA) is 12.0 Å². The highest BCUT2D eigenvalue weighted by Crippen LogP contribution is 2.47. The molecule has 17 heavy (non-hydrogen) atoms. The number of benzene rings is 1. The van der Waals surface area contributed by atoms with Gasteiger partial charge in [-0.25, -0.2) is 0 Å². The van der Waals surface area contributed by atoms with Crippen molar-refractivity contribution in [1.82, 2.24) is 5.32 Å². The third-order valence-electron chi connectivity index (χ3n) is 3.44.